The molecule has 1 amide bonds. The molecule has 0 saturated carbocycles. The summed E-state index contributed by atoms with van der Waals surface area (Å²) in [5.74, 6) is -0.288. The van der Waals surface area contributed by atoms with Gasteiger partial charge in [0.1, 0.15) is 23.9 Å². The van der Waals surface area contributed by atoms with E-state index in [-0.39, 0.29) is 29.3 Å². The molecule has 10 heteroatoms. The molecule has 234 valence electrons. The average molecular weight is 667 g/mol. The Bertz CT molecular complexity index is 1740. The molecule has 1 aliphatic rings. The number of piperidine rings is 1. The number of nitriles is 1. The lowest BCUT2D eigenvalue weighted by atomic mass is 9.88. The van der Waals surface area contributed by atoms with Crippen molar-refractivity contribution in [3.8, 4) is 11.8 Å². The fraction of sp³-hybridized carbons (Fsp3) is 0.314. The van der Waals surface area contributed by atoms with E-state index >= 15 is 0 Å². The van der Waals surface area contributed by atoms with Gasteiger partial charge in [-0.3, -0.25) is 4.79 Å². The highest BCUT2D eigenvalue weighted by Crippen LogP contribution is 2.35. The van der Waals surface area contributed by atoms with Gasteiger partial charge in [0.05, 0.1) is 28.3 Å². The largest absolute Gasteiger partial charge is 0.612 e. The molecule has 2 atom stereocenters. The Labute approximate surface area is 276 Å². The van der Waals surface area contributed by atoms with Gasteiger partial charge in [0, 0.05) is 24.1 Å². The van der Waals surface area contributed by atoms with E-state index in [1.54, 1.807) is 24.5 Å². The smallest absolute Gasteiger partial charge is 0.255 e. The summed E-state index contributed by atoms with van der Waals surface area (Å²) in [6, 6.07) is 21.5. The quantitative estimate of drug-likeness (QED) is 0.176. The van der Waals surface area contributed by atoms with Crippen LogP contribution in [0.3, 0.4) is 0 Å². The lowest BCUT2D eigenvalue weighted by molar-refractivity contribution is 0.0948. The zero-order chi connectivity index (χ0) is 32.1. The van der Waals surface area contributed by atoms with Crippen molar-refractivity contribution in [2.24, 2.45) is 0 Å². The van der Waals surface area contributed by atoms with Crippen LogP contribution in [0.5, 0.6) is 5.75 Å². The molecule has 1 unspecified atom stereocenters. The molecule has 0 bridgehead atoms. The molecule has 0 aromatic heterocycles. The molecule has 1 N–H and O–H groups in total. The summed E-state index contributed by atoms with van der Waals surface area (Å²) in [5, 5.41) is 15.2. The van der Waals surface area contributed by atoms with Gasteiger partial charge in [-0.25, -0.2) is 4.39 Å². The van der Waals surface area contributed by atoms with Gasteiger partial charge in [0.25, 0.3) is 5.91 Å². The number of benzene rings is 4. The molecule has 45 heavy (non-hydrogen) atoms. The molecule has 0 aliphatic carbocycles. The van der Waals surface area contributed by atoms with Crippen molar-refractivity contribution in [1.29, 1.82) is 5.26 Å². The number of rotatable bonds is 10. The SMILES string of the molecule is COc1c(C#N)cc2ccccc2c1C(=O)NCC(CCN1CCC(c2ccc(F)cc2[S@+](C)[O-])CC1)c1ccc(Cl)c(Cl)c1. The average Bonchev–Trinajstić information content (AvgIpc) is 3.05. The number of hydrogen-bond donors (Lipinski definition) is 1. The van der Waals surface area contributed by atoms with E-state index in [2.05, 4.69) is 16.3 Å². The number of methoxy groups -OCH3 is 1. The number of nitrogens with one attached hydrogen (secondary N) is 1. The number of nitrogens with zero attached hydrogens (tertiary/aromatic N) is 2. The van der Waals surface area contributed by atoms with Crippen molar-refractivity contribution < 1.29 is 18.5 Å². The van der Waals surface area contributed by atoms with Crippen LogP contribution in [-0.2, 0) is 11.2 Å². The topological polar surface area (TPSA) is 88.4 Å². The summed E-state index contributed by atoms with van der Waals surface area (Å²) in [5.41, 5.74) is 2.55. The predicted octanol–water partition coefficient (Wildman–Crippen LogP) is 7.69. The maximum Gasteiger partial charge on any atom is 0.255 e. The third-order valence-electron chi connectivity index (χ3n) is 8.58. The first-order chi connectivity index (χ1) is 21.7. The molecule has 5 rings (SSSR count). The van der Waals surface area contributed by atoms with Crippen molar-refractivity contribution in [1.82, 2.24) is 10.2 Å². The Morgan fingerprint density at radius 2 is 1.89 bits per heavy atom. The molecule has 4 aromatic rings. The Morgan fingerprint density at radius 3 is 2.58 bits per heavy atom. The Balaban J connectivity index is 1.31. The third-order valence-corrected chi connectivity index (χ3v) is 10.3. The Kier molecular flexibility index (Phi) is 10.9. The minimum atomic E-state index is -1.26. The highest BCUT2D eigenvalue weighted by atomic mass is 35.5. The third kappa shape index (κ3) is 7.57. The van der Waals surface area contributed by atoms with Gasteiger partial charge in [0.15, 0.2) is 4.90 Å². The molecule has 1 heterocycles. The number of carbonyl (C=O) groups is 1. The summed E-state index contributed by atoms with van der Waals surface area (Å²) >= 11 is 11.4. The van der Waals surface area contributed by atoms with Crippen LogP contribution in [0.4, 0.5) is 4.39 Å². The molecule has 1 aliphatic heterocycles. The maximum atomic E-state index is 13.8. The first-order valence-electron chi connectivity index (χ1n) is 14.8. The van der Waals surface area contributed by atoms with Crippen LogP contribution in [0.1, 0.15) is 58.1 Å². The van der Waals surface area contributed by atoms with E-state index < -0.39 is 11.2 Å². The molecular formula is C35H34Cl2FN3O3S. The van der Waals surface area contributed by atoms with E-state index in [1.165, 1.54) is 19.2 Å². The second-order valence-electron chi connectivity index (χ2n) is 11.3. The standard InChI is InChI=1S/C35H34Cl2FN3O3S/c1-44-34-26(20-39)17-24-5-3-4-6-29(24)33(34)35(42)40-21-25(23-7-10-30(36)31(37)18-23)13-16-41-14-11-22(12-15-41)28-9-8-27(38)19-32(28)45(2)43/h3-10,17-19,22,25H,11-16,21H2,1-2H3,(H,40,42)/t25?,45-/m0/s1. The number of hydrogen-bond acceptors (Lipinski definition) is 5. The van der Waals surface area contributed by atoms with Gasteiger partial charge in [-0.15, -0.1) is 0 Å². The van der Waals surface area contributed by atoms with Gasteiger partial charge < -0.3 is 19.5 Å². The number of halogens is 3. The summed E-state index contributed by atoms with van der Waals surface area (Å²) in [7, 11) is 1.46. The van der Waals surface area contributed by atoms with Crippen LogP contribution in [0.15, 0.2) is 71.6 Å². The lowest BCUT2D eigenvalue weighted by Crippen LogP contribution is -2.36. The summed E-state index contributed by atoms with van der Waals surface area (Å²) in [6.07, 6.45) is 4.10. The molecule has 1 saturated heterocycles. The monoisotopic (exact) mass is 665 g/mol. The van der Waals surface area contributed by atoms with Gasteiger partial charge in [0.2, 0.25) is 0 Å². The van der Waals surface area contributed by atoms with E-state index in [0.717, 1.165) is 55.4 Å². The predicted molar refractivity (Wildman–Crippen MR) is 179 cm³/mol. The molecule has 6 nitrogen and oxygen atoms in total. The van der Waals surface area contributed by atoms with E-state index in [4.69, 9.17) is 27.9 Å². The molecular weight excluding hydrogens is 632 g/mol. The normalized spacial score (nSPS) is 15.4. The molecule has 1 fully saturated rings. The van der Waals surface area contributed by atoms with Gasteiger partial charge in [-0.05, 0) is 96.6 Å². The fourth-order valence-electron chi connectivity index (χ4n) is 6.21. The zero-order valence-electron chi connectivity index (χ0n) is 25.1. The van der Waals surface area contributed by atoms with Gasteiger partial charge in [-0.2, -0.15) is 5.26 Å². The number of carbonyl (C=O) groups excluding carboxylic acids is 1. The Hall–Kier alpha value is -3.32. The van der Waals surface area contributed by atoms with Gasteiger partial charge >= 0.3 is 0 Å². The highest BCUT2D eigenvalue weighted by Gasteiger charge is 2.27. The van der Waals surface area contributed by atoms with E-state index in [9.17, 15) is 19.0 Å². The van der Waals surface area contributed by atoms with E-state index in [1.807, 2.05) is 36.4 Å². The van der Waals surface area contributed by atoms with Crippen LogP contribution in [0, 0.1) is 17.1 Å². The number of likely N-dealkylation sites (tertiary alicyclic amines) is 1. The summed E-state index contributed by atoms with van der Waals surface area (Å²) in [6.45, 7) is 2.83. The number of fused-ring (bicyclic) bond motifs is 1. The van der Waals surface area contributed by atoms with Crippen LogP contribution in [-0.4, -0.2) is 54.9 Å². The summed E-state index contributed by atoms with van der Waals surface area (Å²) in [4.78, 5) is 16.7. The maximum absolute atomic E-state index is 13.8. The first kappa shape index (κ1) is 33.1. The number of amides is 1. The van der Waals surface area contributed by atoms with Crippen molar-refractivity contribution >= 4 is 51.1 Å². The van der Waals surface area contributed by atoms with Crippen molar-refractivity contribution in [3.63, 3.8) is 0 Å². The van der Waals surface area contributed by atoms with E-state index in [0.29, 0.717) is 38.0 Å². The van der Waals surface area contributed by atoms with Crippen molar-refractivity contribution in [3.05, 3.63) is 105 Å². The number of ether oxygens (including phenoxy) is 1. The fourth-order valence-corrected chi connectivity index (χ4v) is 7.36. The second kappa shape index (κ2) is 14.8. The van der Waals surface area contributed by atoms with Crippen LogP contribution >= 0.6 is 23.2 Å². The van der Waals surface area contributed by atoms with Crippen LogP contribution in [0.2, 0.25) is 10.0 Å². The lowest BCUT2D eigenvalue weighted by Gasteiger charge is -2.33. The first-order valence-corrected chi connectivity index (χ1v) is 17.1. The Morgan fingerprint density at radius 1 is 1.13 bits per heavy atom. The molecule has 0 spiro atoms. The molecule has 0 radical (unpaired) electrons. The minimum Gasteiger partial charge on any atom is -0.612 e. The minimum absolute atomic E-state index is 0.0657. The van der Waals surface area contributed by atoms with Crippen LogP contribution in [0.25, 0.3) is 10.8 Å². The van der Waals surface area contributed by atoms with Gasteiger partial charge in [-0.1, -0.05) is 59.6 Å². The summed E-state index contributed by atoms with van der Waals surface area (Å²) < 4.78 is 31.7. The van der Waals surface area contributed by atoms with Crippen LogP contribution < -0.4 is 10.1 Å². The van der Waals surface area contributed by atoms with Crippen molar-refractivity contribution in [2.45, 2.75) is 36.0 Å². The zero-order valence-corrected chi connectivity index (χ0v) is 27.4. The highest BCUT2D eigenvalue weighted by molar-refractivity contribution is 7.90. The van der Waals surface area contributed by atoms with Crippen molar-refractivity contribution in [2.75, 3.05) is 39.5 Å². The second-order valence-corrected chi connectivity index (χ2v) is 13.4. The molecule has 4 aromatic carbocycles.